The standard InChI is InChI=1S/C22H27N5.HI/c1-4-23-22(24-15-17-10-6-5-7-11-17)25-16-18-14-21(27(2)3)26-20-13-9-8-12-19(18)20;/h5-14H,4,15-16H2,1-3H3,(H2,23,24,25);1H. The van der Waals surface area contributed by atoms with Crippen LogP contribution in [0.2, 0.25) is 0 Å². The van der Waals surface area contributed by atoms with Gasteiger partial charge >= 0.3 is 0 Å². The van der Waals surface area contributed by atoms with E-state index in [2.05, 4.69) is 54.0 Å². The summed E-state index contributed by atoms with van der Waals surface area (Å²) in [5, 5.41) is 7.94. The average molecular weight is 489 g/mol. The monoisotopic (exact) mass is 489 g/mol. The van der Waals surface area contributed by atoms with Crippen molar-refractivity contribution < 1.29 is 0 Å². The number of aromatic nitrogens is 1. The van der Waals surface area contributed by atoms with Crippen molar-refractivity contribution in [2.75, 3.05) is 25.5 Å². The highest BCUT2D eigenvalue weighted by Gasteiger charge is 2.08. The van der Waals surface area contributed by atoms with Gasteiger partial charge in [-0.25, -0.2) is 9.98 Å². The number of hydrogen-bond donors (Lipinski definition) is 2. The number of nitrogens with one attached hydrogen (secondary N) is 2. The number of halogens is 1. The van der Waals surface area contributed by atoms with E-state index in [9.17, 15) is 0 Å². The Bertz CT molecular complexity index is 909. The van der Waals surface area contributed by atoms with E-state index in [1.54, 1.807) is 0 Å². The summed E-state index contributed by atoms with van der Waals surface area (Å²) < 4.78 is 0. The van der Waals surface area contributed by atoms with E-state index in [1.165, 1.54) is 11.1 Å². The van der Waals surface area contributed by atoms with Crippen LogP contribution in [0.4, 0.5) is 5.82 Å². The van der Waals surface area contributed by atoms with E-state index in [0.29, 0.717) is 13.1 Å². The predicted molar refractivity (Wildman–Crippen MR) is 130 cm³/mol. The van der Waals surface area contributed by atoms with Gasteiger partial charge < -0.3 is 15.5 Å². The molecule has 28 heavy (non-hydrogen) atoms. The molecule has 1 heterocycles. The molecule has 0 unspecified atom stereocenters. The Labute approximate surface area is 184 Å². The SMILES string of the molecule is CCNC(=NCc1ccccc1)NCc1cc(N(C)C)nc2ccccc12.I. The van der Waals surface area contributed by atoms with Gasteiger partial charge in [0.1, 0.15) is 5.82 Å². The summed E-state index contributed by atoms with van der Waals surface area (Å²) >= 11 is 0. The summed E-state index contributed by atoms with van der Waals surface area (Å²) in [6, 6.07) is 20.7. The zero-order valence-corrected chi connectivity index (χ0v) is 19.0. The Morgan fingerprint density at radius 3 is 2.43 bits per heavy atom. The second-order valence-electron chi connectivity index (χ2n) is 6.59. The van der Waals surface area contributed by atoms with E-state index in [0.717, 1.165) is 29.2 Å². The minimum absolute atomic E-state index is 0. The number of aliphatic imine (C=N–C) groups is 1. The van der Waals surface area contributed by atoms with Crippen LogP contribution in [0.5, 0.6) is 0 Å². The van der Waals surface area contributed by atoms with Crippen LogP contribution in [-0.2, 0) is 13.1 Å². The topological polar surface area (TPSA) is 52.6 Å². The minimum Gasteiger partial charge on any atom is -0.363 e. The summed E-state index contributed by atoms with van der Waals surface area (Å²) in [5.41, 5.74) is 3.40. The third-order valence-electron chi connectivity index (χ3n) is 4.30. The maximum absolute atomic E-state index is 4.73. The van der Waals surface area contributed by atoms with E-state index in [-0.39, 0.29) is 24.0 Å². The van der Waals surface area contributed by atoms with E-state index >= 15 is 0 Å². The molecule has 5 nitrogen and oxygen atoms in total. The van der Waals surface area contributed by atoms with Crippen molar-refractivity contribution >= 4 is 46.7 Å². The fraction of sp³-hybridized carbons (Fsp3) is 0.273. The smallest absolute Gasteiger partial charge is 0.191 e. The van der Waals surface area contributed by atoms with Crippen LogP contribution < -0.4 is 15.5 Å². The molecule has 0 aliphatic rings. The van der Waals surface area contributed by atoms with Crippen LogP contribution in [0.15, 0.2) is 65.7 Å². The zero-order chi connectivity index (χ0) is 19.1. The maximum Gasteiger partial charge on any atom is 0.191 e. The van der Waals surface area contributed by atoms with Crippen LogP contribution in [0.3, 0.4) is 0 Å². The number of rotatable bonds is 6. The fourth-order valence-electron chi connectivity index (χ4n) is 2.88. The molecule has 6 heteroatoms. The van der Waals surface area contributed by atoms with E-state index in [1.807, 2.05) is 43.3 Å². The maximum atomic E-state index is 4.73. The first kappa shape index (κ1) is 21.9. The van der Waals surface area contributed by atoms with Crippen molar-refractivity contribution in [2.45, 2.75) is 20.0 Å². The van der Waals surface area contributed by atoms with Crippen LogP contribution >= 0.6 is 24.0 Å². The van der Waals surface area contributed by atoms with Crippen molar-refractivity contribution in [3.05, 3.63) is 71.8 Å². The van der Waals surface area contributed by atoms with Crippen LogP contribution in [0, 0.1) is 0 Å². The zero-order valence-electron chi connectivity index (χ0n) is 16.6. The number of anilines is 1. The number of guanidine groups is 1. The van der Waals surface area contributed by atoms with Gasteiger partial charge in [0.2, 0.25) is 0 Å². The lowest BCUT2D eigenvalue weighted by molar-refractivity contribution is 0.818. The number of para-hydroxylation sites is 1. The molecule has 0 spiro atoms. The molecule has 0 radical (unpaired) electrons. The quantitative estimate of drug-likeness (QED) is 0.310. The highest BCUT2D eigenvalue weighted by Crippen LogP contribution is 2.22. The number of hydrogen-bond acceptors (Lipinski definition) is 3. The highest BCUT2D eigenvalue weighted by molar-refractivity contribution is 14.0. The fourth-order valence-corrected chi connectivity index (χ4v) is 2.88. The molecular weight excluding hydrogens is 461 g/mol. The summed E-state index contributed by atoms with van der Waals surface area (Å²) in [7, 11) is 4.03. The first-order valence-corrected chi connectivity index (χ1v) is 9.29. The van der Waals surface area contributed by atoms with Crippen LogP contribution in [-0.4, -0.2) is 31.6 Å². The molecule has 1 aromatic heterocycles. The van der Waals surface area contributed by atoms with Crippen molar-refractivity contribution in [2.24, 2.45) is 4.99 Å². The largest absolute Gasteiger partial charge is 0.363 e. The first-order chi connectivity index (χ1) is 13.2. The molecule has 0 saturated heterocycles. The molecule has 2 aromatic carbocycles. The number of fused-ring (bicyclic) bond motifs is 1. The Morgan fingerprint density at radius 2 is 1.71 bits per heavy atom. The lowest BCUT2D eigenvalue weighted by Gasteiger charge is -2.17. The summed E-state index contributed by atoms with van der Waals surface area (Å²) in [5.74, 6) is 1.77. The van der Waals surface area contributed by atoms with Gasteiger partial charge in [0, 0.05) is 32.6 Å². The van der Waals surface area contributed by atoms with Crippen molar-refractivity contribution in [3.8, 4) is 0 Å². The van der Waals surface area contributed by atoms with Crippen molar-refractivity contribution in [1.82, 2.24) is 15.6 Å². The second-order valence-corrected chi connectivity index (χ2v) is 6.59. The molecule has 0 aliphatic heterocycles. The first-order valence-electron chi connectivity index (χ1n) is 9.29. The van der Waals surface area contributed by atoms with E-state index in [4.69, 9.17) is 9.98 Å². The van der Waals surface area contributed by atoms with Gasteiger partial charge in [-0.05, 0) is 30.2 Å². The highest BCUT2D eigenvalue weighted by atomic mass is 127. The Morgan fingerprint density at radius 1 is 1.00 bits per heavy atom. The Kier molecular flexibility index (Phi) is 8.50. The molecular formula is C22H28IN5. The van der Waals surface area contributed by atoms with Gasteiger partial charge in [0.05, 0.1) is 12.1 Å². The molecule has 3 aromatic rings. The third kappa shape index (κ3) is 5.82. The van der Waals surface area contributed by atoms with Gasteiger partial charge in [-0.2, -0.15) is 0 Å². The molecule has 0 fully saturated rings. The molecule has 3 rings (SSSR count). The number of pyridine rings is 1. The molecule has 2 N–H and O–H groups in total. The van der Waals surface area contributed by atoms with Gasteiger partial charge in [-0.1, -0.05) is 48.5 Å². The predicted octanol–water partition coefficient (Wildman–Crippen LogP) is 4.17. The molecule has 0 bridgehead atoms. The molecule has 0 aliphatic carbocycles. The second kappa shape index (κ2) is 10.8. The van der Waals surface area contributed by atoms with Gasteiger partial charge in [-0.15, -0.1) is 24.0 Å². The summed E-state index contributed by atoms with van der Waals surface area (Å²) in [6.45, 7) is 4.23. The number of benzene rings is 2. The minimum atomic E-state index is 0. The van der Waals surface area contributed by atoms with Gasteiger partial charge in [0.25, 0.3) is 0 Å². The molecule has 0 atom stereocenters. The molecule has 0 saturated carbocycles. The lowest BCUT2D eigenvalue weighted by Crippen LogP contribution is -2.36. The molecule has 148 valence electrons. The molecule has 0 amide bonds. The normalized spacial score (nSPS) is 11.0. The Balaban J connectivity index is 0.00000280. The van der Waals surface area contributed by atoms with Gasteiger partial charge in [0.15, 0.2) is 5.96 Å². The van der Waals surface area contributed by atoms with Crippen molar-refractivity contribution in [3.63, 3.8) is 0 Å². The van der Waals surface area contributed by atoms with Crippen LogP contribution in [0.1, 0.15) is 18.1 Å². The summed E-state index contributed by atoms with van der Waals surface area (Å²) in [4.78, 5) is 11.5. The van der Waals surface area contributed by atoms with Crippen LogP contribution in [0.25, 0.3) is 10.9 Å². The third-order valence-corrected chi connectivity index (χ3v) is 4.30. The van der Waals surface area contributed by atoms with E-state index < -0.39 is 0 Å². The van der Waals surface area contributed by atoms with Crippen molar-refractivity contribution in [1.29, 1.82) is 0 Å². The lowest BCUT2D eigenvalue weighted by atomic mass is 10.1. The number of nitrogens with zero attached hydrogens (tertiary/aromatic N) is 3. The van der Waals surface area contributed by atoms with Gasteiger partial charge in [-0.3, -0.25) is 0 Å². The summed E-state index contributed by atoms with van der Waals surface area (Å²) in [6.07, 6.45) is 0. The average Bonchev–Trinajstić information content (AvgIpc) is 2.70. The Hall–Kier alpha value is -2.35.